The van der Waals surface area contributed by atoms with Crippen LogP contribution >= 0.6 is 0 Å². The lowest BCUT2D eigenvalue weighted by molar-refractivity contribution is -0.358. The summed E-state index contributed by atoms with van der Waals surface area (Å²) in [4.78, 5) is 0. The minimum Gasteiger partial charge on any atom is -0.368 e. The molecule has 22 heavy (non-hydrogen) atoms. The van der Waals surface area contributed by atoms with Crippen molar-refractivity contribution in [3.05, 3.63) is 0 Å². The van der Waals surface area contributed by atoms with Crippen LogP contribution in [0.5, 0.6) is 0 Å². The second-order valence-electron chi connectivity index (χ2n) is 7.73. The van der Waals surface area contributed by atoms with Crippen molar-refractivity contribution < 1.29 is 36.2 Å². The zero-order valence-electron chi connectivity index (χ0n) is 13.6. The van der Waals surface area contributed by atoms with Crippen LogP contribution in [0.25, 0.3) is 0 Å². The van der Waals surface area contributed by atoms with Crippen LogP contribution in [0.4, 0.5) is 26.3 Å². The molecule has 0 bridgehead atoms. The van der Waals surface area contributed by atoms with E-state index in [9.17, 15) is 31.4 Å². The molecular weight excluding hydrogens is 314 g/mol. The fraction of sp³-hybridized carbons (Fsp3) is 1.00. The summed E-state index contributed by atoms with van der Waals surface area (Å²) in [7, 11) is 0. The number of halogens is 6. The Morgan fingerprint density at radius 1 is 0.818 bits per heavy atom. The quantitative estimate of drug-likeness (QED) is 0.583. The van der Waals surface area contributed by atoms with Gasteiger partial charge < -0.3 is 9.84 Å². The van der Waals surface area contributed by atoms with Gasteiger partial charge in [0, 0.05) is 5.92 Å². The van der Waals surface area contributed by atoms with Crippen LogP contribution in [-0.2, 0) is 4.74 Å². The van der Waals surface area contributed by atoms with E-state index in [1.807, 2.05) is 0 Å². The van der Waals surface area contributed by atoms with Crippen molar-refractivity contribution in [1.82, 2.24) is 0 Å². The van der Waals surface area contributed by atoms with Gasteiger partial charge in [-0.1, -0.05) is 41.5 Å². The third kappa shape index (κ3) is 7.17. The predicted molar refractivity (Wildman–Crippen MR) is 70.0 cm³/mol. The minimum absolute atomic E-state index is 0.208. The van der Waals surface area contributed by atoms with Gasteiger partial charge in [0.25, 0.3) is 6.10 Å². The number of alkyl halides is 6. The molecule has 0 spiro atoms. The lowest BCUT2D eigenvalue weighted by Gasteiger charge is -2.39. The standard InChI is InChI=1S/C14H24F6O2/c1-11(2,3)7-8(12(4,5)6)9(21)22-10(13(15,16)17)14(18,19)20/h8-10,21H,7H2,1-6H3. The van der Waals surface area contributed by atoms with Crippen molar-refractivity contribution in [2.45, 2.75) is 72.7 Å². The van der Waals surface area contributed by atoms with E-state index in [1.54, 1.807) is 41.5 Å². The molecule has 134 valence electrons. The van der Waals surface area contributed by atoms with Gasteiger partial charge in [-0.25, -0.2) is 0 Å². The van der Waals surface area contributed by atoms with Gasteiger partial charge in [-0.2, -0.15) is 26.3 Å². The Kier molecular flexibility index (Phi) is 6.40. The lowest BCUT2D eigenvalue weighted by Crippen LogP contribution is -2.49. The molecule has 2 unspecified atom stereocenters. The summed E-state index contributed by atoms with van der Waals surface area (Å²) in [6.45, 7) is 10.2. The number of aliphatic hydroxyl groups excluding tert-OH is 1. The Morgan fingerprint density at radius 2 is 1.18 bits per heavy atom. The van der Waals surface area contributed by atoms with Crippen LogP contribution < -0.4 is 0 Å². The topological polar surface area (TPSA) is 29.5 Å². The molecule has 0 aliphatic carbocycles. The van der Waals surface area contributed by atoms with Crippen LogP contribution in [-0.4, -0.2) is 29.9 Å². The van der Waals surface area contributed by atoms with Crippen LogP contribution in [0.15, 0.2) is 0 Å². The Labute approximate surface area is 126 Å². The molecule has 0 amide bonds. The van der Waals surface area contributed by atoms with Crippen LogP contribution in [0.2, 0.25) is 0 Å². The maximum absolute atomic E-state index is 12.5. The van der Waals surface area contributed by atoms with Gasteiger partial charge in [0.15, 0.2) is 6.29 Å². The predicted octanol–water partition coefficient (Wildman–Crippen LogP) is 4.91. The molecule has 2 atom stereocenters. The first-order chi connectivity index (χ1) is 9.36. The van der Waals surface area contributed by atoms with Crippen LogP contribution in [0, 0.1) is 16.7 Å². The van der Waals surface area contributed by atoms with Gasteiger partial charge in [0.05, 0.1) is 0 Å². The Balaban J connectivity index is 5.36. The van der Waals surface area contributed by atoms with E-state index in [1.165, 1.54) is 0 Å². The van der Waals surface area contributed by atoms with E-state index in [-0.39, 0.29) is 6.42 Å². The molecule has 8 heteroatoms. The summed E-state index contributed by atoms with van der Waals surface area (Å²) < 4.78 is 79.1. The summed E-state index contributed by atoms with van der Waals surface area (Å²) in [5.74, 6) is -0.889. The first-order valence-corrected chi connectivity index (χ1v) is 6.82. The molecule has 0 saturated heterocycles. The highest BCUT2D eigenvalue weighted by Gasteiger charge is 2.59. The summed E-state index contributed by atoms with van der Waals surface area (Å²) in [5, 5.41) is 9.88. The molecule has 0 rings (SSSR count). The Bertz CT molecular complexity index is 334. The van der Waals surface area contributed by atoms with E-state index in [0.717, 1.165) is 0 Å². The van der Waals surface area contributed by atoms with Gasteiger partial charge >= 0.3 is 12.4 Å². The monoisotopic (exact) mass is 338 g/mol. The molecule has 2 nitrogen and oxygen atoms in total. The van der Waals surface area contributed by atoms with E-state index >= 15 is 0 Å². The zero-order valence-corrected chi connectivity index (χ0v) is 13.6. The second-order valence-corrected chi connectivity index (χ2v) is 7.73. The highest BCUT2D eigenvalue weighted by Crippen LogP contribution is 2.42. The van der Waals surface area contributed by atoms with Crippen molar-refractivity contribution in [2.75, 3.05) is 0 Å². The SMILES string of the molecule is CC(C)(C)CC(C(O)OC(C(F)(F)F)C(F)(F)F)C(C)(C)C. The second kappa shape index (κ2) is 6.55. The Hall–Kier alpha value is -0.500. The van der Waals surface area contributed by atoms with E-state index in [4.69, 9.17) is 0 Å². The van der Waals surface area contributed by atoms with Gasteiger partial charge in [0.2, 0.25) is 0 Å². The van der Waals surface area contributed by atoms with Crippen molar-refractivity contribution in [1.29, 1.82) is 0 Å². The molecule has 0 aromatic rings. The highest BCUT2D eigenvalue weighted by molar-refractivity contribution is 4.84. The maximum atomic E-state index is 12.5. The first-order valence-electron chi connectivity index (χ1n) is 6.82. The van der Waals surface area contributed by atoms with E-state index in [2.05, 4.69) is 4.74 Å². The van der Waals surface area contributed by atoms with Crippen molar-refractivity contribution in [3.8, 4) is 0 Å². The molecular formula is C14H24F6O2. The van der Waals surface area contributed by atoms with Crippen LogP contribution in [0.1, 0.15) is 48.0 Å². The van der Waals surface area contributed by atoms with Gasteiger partial charge in [-0.15, -0.1) is 0 Å². The Morgan fingerprint density at radius 3 is 1.41 bits per heavy atom. The average molecular weight is 338 g/mol. The summed E-state index contributed by atoms with van der Waals surface area (Å²) in [6.07, 6.45) is -17.2. The van der Waals surface area contributed by atoms with E-state index in [0.29, 0.717) is 0 Å². The number of hydrogen-bond acceptors (Lipinski definition) is 2. The van der Waals surface area contributed by atoms with Gasteiger partial charge in [-0.05, 0) is 17.3 Å². The first kappa shape index (κ1) is 21.5. The summed E-state index contributed by atoms with van der Waals surface area (Å²) >= 11 is 0. The van der Waals surface area contributed by atoms with Gasteiger partial charge in [0.1, 0.15) is 0 Å². The highest BCUT2D eigenvalue weighted by atomic mass is 19.4. The minimum atomic E-state index is -5.64. The number of aliphatic hydroxyl groups is 1. The maximum Gasteiger partial charge on any atom is 0.423 e. The fourth-order valence-corrected chi connectivity index (χ4v) is 2.07. The largest absolute Gasteiger partial charge is 0.423 e. The molecule has 0 aliphatic heterocycles. The molecule has 0 radical (unpaired) electrons. The van der Waals surface area contributed by atoms with Crippen molar-refractivity contribution >= 4 is 0 Å². The van der Waals surface area contributed by atoms with Gasteiger partial charge in [-0.3, -0.25) is 0 Å². The fourth-order valence-electron chi connectivity index (χ4n) is 2.07. The number of hydrogen-bond donors (Lipinski definition) is 1. The molecule has 0 saturated carbocycles. The third-order valence-corrected chi connectivity index (χ3v) is 3.16. The number of ether oxygens (including phenoxy) is 1. The molecule has 0 aromatic carbocycles. The molecule has 0 fully saturated rings. The number of rotatable bonds is 4. The van der Waals surface area contributed by atoms with Crippen LogP contribution in [0.3, 0.4) is 0 Å². The molecule has 0 aromatic heterocycles. The molecule has 1 N–H and O–H groups in total. The third-order valence-electron chi connectivity index (χ3n) is 3.16. The molecule has 0 aliphatic rings. The summed E-state index contributed by atoms with van der Waals surface area (Å²) in [6, 6.07) is 0. The molecule has 0 heterocycles. The average Bonchev–Trinajstić information content (AvgIpc) is 2.16. The van der Waals surface area contributed by atoms with E-state index < -0.39 is 41.5 Å². The summed E-state index contributed by atoms with van der Waals surface area (Å²) in [5.41, 5.74) is -1.12. The zero-order chi connectivity index (χ0) is 18.1. The normalized spacial score (nSPS) is 17.7. The van der Waals surface area contributed by atoms with Crippen molar-refractivity contribution in [3.63, 3.8) is 0 Å². The lowest BCUT2D eigenvalue weighted by atomic mass is 9.72. The van der Waals surface area contributed by atoms with Crippen molar-refractivity contribution in [2.24, 2.45) is 16.7 Å². The smallest absolute Gasteiger partial charge is 0.368 e.